The van der Waals surface area contributed by atoms with E-state index in [0.717, 1.165) is 12.1 Å². The zero-order chi connectivity index (χ0) is 15.6. The third-order valence-corrected chi connectivity index (χ3v) is 3.79. The largest absolute Gasteiger partial charge is 0.355 e. The first kappa shape index (κ1) is 14.1. The predicted octanol–water partition coefficient (Wildman–Crippen LogP) is 3.22. The number of aromatic amines is 1. The molecule has 1 aromatic carbocycles. The van der Waals surface area contributed by atoms with E-state index in [0.29, 0.717) is 17.0 Å². The molecule has 0 aliphatic rings. The molecular formula is C17H17N5. The predicted molar refractivity (Wildman–Crippen MR) is 86.6 cm³/mol. The smallest absolute Gasteiger partial charge is 0.201 e. The van der Waals surface area contributed by atoms with Crippen LogP contribution < -0.4 is 5.32 Å². The van der Waals surface area contributed by atoms with Crippen LogP contribution in [0.5, 0.6) is 0 Å². The van der Waals surface area contributed by atoms with Gasteiger partial charge in [0.25, 0.3) is 0 Å². The van der Waals surface area contributed by atoms with Crippen molar-refractivity contribution in [1.82, 2.24) is 15.0 Å². The third-order valence-electron chi connectivity index (χ3n) is 3.79. The molecule has 5 heteroatoms. The Morgan fingerprint density at radius 3 is 2.73 bits per heavy atom. The molecule has 3 rings (SSSR count). The van der Waals surface area contributed by atoms with Crippen LogP contribution in [0.2, 0.25) is 0 Å². The van der Waals surface area contributed by atoms with Gasteiger partial charge in [-0.1, -0.05) is 19.9 Å². The molecule has 2 heterocycles. The van der Waals surface area contributed by atoms with Gasteiger partial charge in [0.2, 0.25) is 5.95 Å². The number of imidazole rings is 1. The van der Waals surface area contributed by atoms with Gasteiger partial charge in [-0.2, -0.15) is 5.26 Å². The van der Waals surface area contributed by atoms with Gasteiger partial charge in [-0.25, -0.2) is 4.98 Å². The number of anilines is 1. The number of hydrogen-bond donors (Lipinski definition) is 2. The second kappa shape index (κ2) is 5.49. The van der Waals surface area contributed by atoms with Gasteiger partial charge in [-0.05, 0) is 29.8 Å². The maximum atomic E-state index is 9.12. The molecule has 3 aromatic rings. The van der Waals surface area contributed by atoms with E-state index < -0.39 is 0 Å². The van der Waals surface area contributed by atoms with Crippen molar-refractivity contribution in [1.29, 1.82) is 5.26 Å². The number of aromatic nitrogens is 3. The van der Waals surface area contributed by atoms with E-state index in [1.165, 1.54) is 5.56 Å². The standard InChI is InChI=1S/C17H17N5/c1-17(2,13-6-8-19-9-7-13)11-20-16-21-14-5-3-4-12(10-18)15(14)22-16/h3-9H,11H2,1-2H3,(H2,20,21,22). The number of para-hydroxylation sites is 1. The highest BCUT2D eigenvalue weighted by Crippen LogP contribution is 2.24. The van der Waals surface area contributed by atoms with Crippen LogP contribution in [0.15, 0.2) is 42.7 Å². The van der Waals surface area contributed by atoms with Crippen LogP contribution in [0.4, 0.5) is 5.95 Å². The summed E-state index contributed by atoms with van der Waals surface area (Å²) in [4.78, 5) is 11.7. The van der Waals surface area contributed by atoms with E-state index >= 15 is 0 Å². The van der Waals surface area contributed by atoms with Crippen molar-refractivity contribution in [2.24, 2.45) is 0 Å². The number of nitriles is 1. The van der Waals surface area contributed by atoms with Gasteiger partial charge in [0, 0.05) is 24.4 Å². The molecule has 0 spiro atoms. The molecule has 0 amide bonds. The molecule has 0 aliphatic carbocycles. The molecule has 22 heavy (non-hydrogen) atoms. The molecule has 0 unspecified atom stereocenters. The number of pyridine rings is 1. The normalized spacial score (nSPS) is 11.3. The van der Waals surface area contributed by atoms with Gasteiger partial charge in [0.15, 0.2) is 0 Å². The lowest BCUT2D eigenvalue weighted by Gasteiger charge is -2.25. The second-order valence-corrected chi connectivity index (χ2v) is 5.87. The minimum Gasteiger partial charge on any atom is -0.355 e. The number of H-pyrrole nitrogens is 1. The Morgan fingerprint density at radius 2 is 2.00 bits per heavy atom. The average Bonchev–Trinajstić information content (AvgIpc) is 2.97. The van der Waals surface area contributed by atoms with Crippen molar-refractivity contribution in [3.63, 3.8) is 0 Å². The minimum atomic E-state index is -0.0556. The lowest BCUT2D eigenvalue weighted by Crippen LogP contribution is -2.27. The number of nitrogens with one attached hydrogen (secondary N) is 2. The average molecular weight is 291 g/mol. The molecule has 0 fully saturated rings. The molecule has 0 saturated carbocycles. The fourth-order valence-corrected chi connectivity index (χ4v) is 2.42. The Bertz CT molecular complexity index is 827. The van der Waals surface area contributed by atoms with Crippen molar-refractivity contribution in [3.8, 4) is 6.07 Å². The zero-order valence-electron chi connectivity index (χ0n) is 12.6. The lowest BCUT2D eigenvalue weighted by molar-refractivity contribution is 0.554. The molecule has 2 aromatic heterocycles. The summed E-state index contributed by atoms with van der Waals surface area (Å²) in [5.41, 5.74) is 3.30. The van der Waals surface area contributed by atoms with Crippen LogP contribution in [-0.2, 0) is 5.41 Å². The van der Waals surface area contributed by atoms with E-state index in [-0.39, 0.29) is 5.41 Å². The number of rotatable bonds is 4. The zero-order valence-corrected chi connectivity index (χ0v) is 12.6. The highest BCUT2D eigenvalue weighted by molar-refractivity contribution is 5.83. The first-order valence-electron chi connectivity index (χ1n) is 7.13. The molecule has 110 valence electrons. The lowest BCUT2D eigenvalue weighted by atomic mass is 9.85. The maximum absolute atomic E-state index is 9.12. The van der Waals surface area contributed by atoms with Gasteiger partial charge in [-0.15, -0.1) is 0 Å². The SMILES string of the molecule is CC(C)(CNc1nc2c(C#N)cccc2[nH]1)c1ccncc1. The first-order chi connectivity index (χ1) is 10.6. The Labute approximate surface area is 129 Å². The van der Waals surface area contributed by atoms with Crippen LogP contribution in [0.1, 0.15) is 25.0 Å². The summed E-state index contributed by atoms with van der Waals surface area (Å²) in [5.74, 6) is 0.680. The van der Waals surface area contributed by atoms with Crippen molar-refractivity contribution in [2.45, 2.75) is 19.3 Å². The van der Waals surface area contributed by atoms with Gasteiger partial charge in [0.1, 0.15) is 11.6 Å². The monoisotopic (exact) mass is 291 g/mol. The summed E-state index contributed by atoms with van der Waals surface area (Å²) in [5, 5.41) is 12.5. The van der Waals surface area contributed by atoms with Gasteiger partial charge < -0.3 is 10.3 Å². The highest BCUT2D eigenvalue weighted by atomic mass is 15.1. The molecule has 0 radical (unpaired) electrons. The number of fused-ring (bicyclic) bond motifs is 1. The molecule has 2 N–H and O–H groups in total. The van der Waals surface area contributed by atoms with Crippen LogP contribution >= 0.6 is 0 Å². The van der Waals surface area contributed by atoms with Gasteiger partial charge in [-0.3, -0.25) is 4.98 Å². The van der Waals surface area contributed by atoms with Gasteiger partial charge in [0.05, 0.1) is 11.1 Å². The quantitative estimate of drug-likeness (QED) is 0.773. The molecule has 0 bridgehead atoms. The van der Waals surface area contributed by atoms with Gasteiger partial charge >= 0.3 is 0 Å². The second-order valence-electron chi connectivity index (χ2n) is 5.87. The summed E-state index contributed by atoms with van der Waals surface area (Å²) in [6, 6.07) is 11.7. The van der Waals surface area contributed by atoms with Crippen LogP contribution in [0, 0.1) is 11.3 Å². The Kier molecular flexibility index (Phi) is 3.51. The number of nitrogens with zero attached hydrogens (tertiary/aromatic N) is 3. The Morgan fingerprint density at radius 1 is 1.23 bits per heavy atom. The van der Waals surface area contributed by atoms with Crippen molar-refractivity contribution in [2.75, 3.05) is 11.9 Å². The van der Waals surface area contributed by atoms with E-state index in [1.54, 1.807) is 18.5 Å². The van der Waals surface area contributed by atoms with Crippen LogP contribution in [-0.4, -0.2) is 21.5 Å². The minimum absolute atomic E-state index is 0.0556. The highest BCUT2D eigenvalue weighted by Gasteiger charge is 2.20. The van der Waals surface area contributed by atoms with Crippen molar-refractivity contribution in [3.05, 3.63) is 53.9 Å². The molecule has 0 atom stereocenters. The summed E-state index contributed by atoms with van der Waals surface area (Å²) in [6.07, 6.45) is 3.61. The molecule has 5 nitrogen and oxygen atoms in total. The fourth-order valence-electron chi connectivity index (χ4n) is 2.42. The first-order valence-corrected chi connectivity index (χ1v) is 7.13. The van der Waals surface area contributed by atoms with E-state index in [9.17, 15) is 0 Å². The summed E-state index contributed by atoms with van der Waals surface area (Å²) < 4.78 is 0. The molecular weight excluding hydrogens is 274 g/mol. The van der Waals surface area contributed by atoms with E-state index in [1.807, 2.05) is 24.3 Å². The van der Waals surface area contributed by atoms with Crippen LogP contribution in [0.3, 0.4) is 0 Å². The number of hydrogen-bond acceptors (Lipinski definition) is 4. The Hall–Kier alpha value is -2.87. The van der Waals surface area contributed by atoms with Crippen molar-refractivity contribution >= 4 is 17.0 Å². The summed E-state index contributed by atoms with van der Waals surface area (Å²) in [7, 11) is 0. The molecule has 0 saturated heterocycles. The third kappa shape index (κ3) is 2.63. The van der Waals surface area contributed by atoms with Crippen LogP contribution in [0.25, 0.3) is 11.0 Å². The maximum Gasteiger partial charge on any atom is 0.201 e. The Balaban J connectivity index is 1.81. The molecule has 0 aliphatic heterocycles. The van der Waals surface area contributed by atoms with E-state index in [2.05, 4.69) is 40.2 Å². The van der Waals surface area contributed by atoms with E-state index in [4.69, 9.17) is 5.26 Å². The summed E-state index contributed by atoms with van der Waals surface area (Å²) in [6.45, 7) is 5.05. The summed E-state index contributed by atoms with van der Waals surface area (Å²) >= 11 is 0. The topological polar surface area (TPSA) is 77.4 Å². The number of benzene rings is 1. The fraction of sp³-hybridized carbons (Fsp3) is 0.235. The van der Waals surface area contributed by atoms with Crippen molar-refractivity contribution < 1.29 is 0 Å².